The van der Waals surface area contributed by atoms with E-state index in [0.717, 1.165) is 11.1 Å². The summed E-state index contributed by atoms with van der Waals surface area (Å²) in [5.74, 6) is 0. The molecule has 0 aliphatic carbocycles. The molecule has 0 aliphatic heterocycles. The first kappa shape index (κ1) is 8.72. The Morgan fingerprint density at radius 1 is 1.25 bits per heavy atom. The van der Waals surface area contributed by atoms with E-state index in [9.17, 15) is 0 Å². The van der Waals surface area contributed by atoms with E-state index in [1.165, 1.54) is 0 Å². The molecule has 0 aliphatic rings. The van der Waals surface area contributed by atoms with Crippen molar-refractivity contribution in [2.24, 2.45) is 11.5 Å². The largest absolute Gasteiger partial charge is 0.326 e. The first-order valence-electron chi connectivity index (χ1n) is 3.74. The third-order valence-corrected chi connectivity index (χ3v) is 1.82. The number of nitrogens with zero attached hydrogens (tertiary/aromatic N) is 1. The molecule has 0 aromatic heterocycles. The predicted molar refractivity (Wildman–Crippen MR) is 46.9 cm³/mol. The Balaban J connectivity index is 3.24. The van der Waals surface area contributed by atoms with E-state index in [0.29, 0.717) is 18.7 Å². The minimum atomic E-state index is 0.371. The number of benzene rings is 1. The molecule has 4 N–H and O–H groups in total. The van der Waals surface area contributed by atoms with Crippen LogP contribution in [0.4, 0.5) is 0 Å². The molecule has 0 spiro atoms. The Labute approximate surface area is 71.6 Å². The fourth-order valence-electron chi connectivity index (χ4n) is 1.17. The normalized spacial score (nSPS) is 9.42. The maximum atomic E-state index is 8.72. The third kappa shape index (κ3) is 1.45. The molecule has 3 heteroatoms. The van der Waals surface area contributed by atoms with Gasteiger partial charge in [-0.15, -0.1) is 0 Å². The second kappa shape index (κ2) is 3.86. The lowest BCUT2D eigenvalue weighted by molar-refractivity contribution is 0.974. The van der Waals surface area contributed by atoms with Crippen LogP contribution in [0.15, 0.2) is 18.2 Å². The van der Waals surface area contributed by atoms with Gasteiger partial charge >= 0.3 is 0 Å². The highest BCUT2D eigenvalue weighted by atomic mass is 14.6. The van der Waals surface area contributed by atoms with E-state index in [1.54, 1.807) is 6.07 Å². The molecule has 12 heavy (non-hydrogen) atoms. The summed E-state index contributed by atoms with van der Waals surface area (Å²) >= 11 is 0. The first-order valence-corrected chi connectivity index (χ1v) is 3.74. The summed E-state index contributed by atoms with van der Waals surface area (Å²) in [6.07, 6.45) is 0. The van der Waals surface area contributed by atoms with Crippen LogP contribution in [0.2, 0.25) is 0 Å². The van der Waals surface area contributed by atoms with Crippen molar-refractivity contribution < 1.29 is 0 Å². The number of nitriles is 1. The van der Waals surface area contributed by atoms with Crippen LogP contribution in [-0.4, -0.2) is 0 Å². The molecule has 1 aromatic carbocycles. The summed E-state index contributed by atoms with van der Waals surface area (Å²) in [4.78, 5) is 0. The highest BCUT2D eigenvalue weighted by Crippen LogP contribution is 2.12. The summed E-state index contributed by atoms with van der Waals surface area (Å²) in [6.45, 7) is 0.804. The molecule has 1 rings (SSSR count). The van der Waals surface area contributed by atoms with Crippen molar-refractivity contribution in [1.82, 2.24) is 0 Å². The molecule has 0 saturated carbocycles. The van der Waals surface area contributed by atoms with E-state index in [2.05, 4.69) is 6.07 Å². The van der Waals surface area contributed by atoms with Gasteiger partial charge in [0.1, 0.15) is 0 Å². The quantitative estimate of drug-likeness (QED) is 0.662. The van der Waals surface area contributed by atoms with Crippen molar-refractivity contribution in [3.63, 3.8) is 0 Å². The Morgan fingerprint density at radius 2 is 2.00 bits per heavy atom. The first-order chi connectivity index (χ1) is 5.83. The Kier molecular flexibility index (Phi) is 2.81. The summed E-state index contributed by atoms with van der Waals surface area (Å²) in [5, 5.41) is 8.72. The summed E-state index contributed by atoms with van der Waals surface area (Å²) in [5.41, 5.74) is 13.4. The van der Waals surface area contributed by atoms with Crippen LogP contribution < -0.4 is 11.5 Å². The van der Waals surface area contributed by atoms with Gasteiger partial charge in [-0.1, -0.05) is 12.1 Å². The zero-order valence-corrected chi connectivity index (χ0v) is 6.75. The van der Waals surface area contributed by atoms with Crippen molar-refractivity contribution in [3.8, 4) is 6.07 Å². The minimum Gasteiger partial charge on any atom is -0.326 e. The molecule has 0 saturated heterocycles. The highest BCUT2D eigenvalue weighted by molar-refractivity contribution is 5.42. The van der Waals surface area contributed by atoms with E-state index in [4.69, 9.17) is 16.7 Å². The third-order valence-electron chi connectivity index (χ3n) is 1.82. The van der Waals surface area contributed by atoms with E-state index in [-0.39, 0.29) is 0 Å². The molecule has 1 aromatic rings. The molecule has 3 nitrogen and oxygen atoms in total. The van der Waals surface area contributed by atoms with Crippen LogP contribution >= 0.6 is 0 Å². The molecule has 0 amide bonds. The van der Waals surface area contributed by atoms with Crippen LogP contribution in [0.1, 0.15) is 16.7 Å². The average molecular weight is 161 g/mol. The fourth-order valence-corrected chi connectivity index (χ4v) is 1.17. The van der Waals surface area contributed by atoms with Gasteiger partial charge in [-0.2, -0.15) is 5.26 Å². The van der Waals surface area contributed by atoms with Crippen molar-refractivity contribution in [3.05, 3.63) is 34.9 Å². The van der Waals surface area contributed by atoms with Crippen LogP contribution in [-0.2, 0) is 13.1 Å². The lowest BCUT2D eigenvalue weighted by Gasteiger charge is -2.05. The zero-order valence-electron chi connectivity index (χ0n) is 6.75. The molecular formula is C9H11N3. The maximum absolute atomic E-state index is 8.72. The molecular weight excluding hydrogens is 150 g/mol. The van der Waals surface area contributed by atoms with Crippen molar-refractivity contribution in [2.75, 3.05) is 0 Å². The standard InChI is InChI=1S/C9H11N3/c10-4-7-2-1-3-8(5-11)9(7)6-12/h1-3H,4,6,10,12H2. The predicted octanol–water partition coefficient (Wildman–Crippen LogP) is 0.476. The smallest absolute Gasteiger partial charge is 0.0995 e. The van der Waals surface area contributed by atoms with Crippen LogP contribution in [0, 0.1) is 11.3 Å². The zero-order chi connectivity index (χ0) is 8.97. The molecule has 0 bridgehead atoms. The van der Waals surface area contributed by atoms with Crippen molar-refractivity contribution >= 4 is 0 Å². The molecule has 62 valence electrons. The Hall–Kier alpha value is -1.37. The van der Waals surface area contributed by atoms with Gasteiger partial charge in [-0.25, -0.2) is 0 Å². The van der Waals surface area contributed by atoms with E-state index < -0.39 is 0 Å². The molecule has 0 heterocycles. The Bertz CT molecular complexity index is 312. The van der Waals surface area contributed by atoms with E-state index in [1.807, 2.05) is 12.1 Å². The van der Waals surface area contributed by atoms with Gasteiger partial charge in [0.25, 0.3) is 0 Å². The monoisotopic (exact) mass is 161 g/mol. The average Bonchev–Trinajstić information content (AvgIpc) is 2.16. The van der Waals surface area contributed by atoms with Gasteiger partial charge in [-0.05, 0) is 17.2 Å². The maximum Gasteiger partial charge on any atom is 0.0995 e. The topological polar surface area (TPSA) is 75.8 Å². The number of hydrogen-bond acceptors (Lipinski definition) is 3. The van der Waals surface area contributed by atoms with Crippen LogP contribution in [0.5, 0.6) is 0 Å². The lowest BCUT2D eigenvalue weighted by Crippen LogP contribution is -2.07. The van der Waals surface area contributed by atoms with E-state index >= 15 is 0 Å². The highest BCUT2D eigenvalue weighted by Gasteiger charge is 2.03. The number of nitrogens with two attached hydrogens (primary N) is 2. The summed E-state index contributed by atoms with van der Waals surface area (Å²) < 4.78 is 0. The van der Waals surface area contributed by atoms with Gasteiger partial charge < -0.3 is 11.5 Å². The van der Waals surface area contributed by atoms with Gasteiger partial charge in [0.05, 0.1) is 11.6 Å². The molecule has 0 unspecified atom stereocenters. The molecule has 0 radical (unpaired) electrons. The molecule has 0 fully saturated rings. The van der Waals surface area contributed by atoms with Gasteiger partial charge in [0, 0.05) is 13.1 Å². The van der Waals surface area contributed by atoms with Gasteiger partial charge in [0.2, 0.25) is 0 Å². The second-order valence-corrected chi connectivity index (χ2v) is 2.46. The van der Waals surface area contributed by atoms with Crippen LogP contribution in [0.3, 0.4) is 0 Å². The number of hydrogen-bond donors (Lipinski definition) is 2. The number of rotatable bonds is 2. The SMILES string of the molecule is N#Cc1cccc(CN)c1CN. The Morgan fingerprint density at radius 3 is 2.50 bits per heavy atom. The van der Waals surface area contributed by atoms with Gasteiger partial charge in [0.15, 0.2) is 0 Å². The summed E-state index contributed by atoms with van der Waals surface area (Å²) in [6, 6.07) is 7.55. The lowest BCUT2D eigenvalue weighted by atomic mass is 10.0. The van der Waals surface area contributed by atoms with Gasteiger partial charge in [-0.3, -0.25) is 0 Å². The summed E-state index contributed by atoms with van der Waals surface area (Å²) in [7, 11) is 0. The molecule has 0 atom stereocenters. The second-order valence-electron chi connectivity index (χ2n) is 2.46. The van der Waals surface area contributed by atoms with Crippen LogP contribution in [0.25, 0.3) is 0 Å². The van der Waals surface area contributed by atoms with Crippen molar-refractivity contribution in [2.45, 2.75) is 13.1 Å². The minimum absolute atomic E-state index is 0.371. The van der Waals surface area contributed by atoms with Crippen molar-refractivity contribution in [1.29, 1.82) is 5.26 Å². The fraction of sp³-hybridized carbons (Fsp3) is 0.222.